The molecule has 1 N–H and O–H groups in total. The molecule has 0 unspecified atom stereocenters. The van der Waals surface area contributed by atoms with Crippen LogP contribution in [0.25, 0.3) is 5.69 Å². The molecule has 4 rings (SSSR count). The fourth-order valence-electron chi connectivity index (χ4n) is 3.81. The summed E-state index contributed by atoms with van der Waals surface area (Å²) in [5, 5.41) is 22.4. The number of nitrogens with one attached hydrogen (secondary N) is 1. The minimum atomic E-state index is -0.722. The van der Waals surface area contributed by atoms with Gasteiger partial charge in [0.25, 0.3) is 0 Å². The van der Waals surface area contributed by atoms with Crippen molar-refractivity contribution in [3.63, 3.8) is 0 Å². The molecule has 0 saturated heterocycles. The molecule has 158 valence electrons. The standard InChI is InChI=1S/C23H22ClN5OS/c24-18-8-10-19(11-9-18)29-20(14-17-6-2-1-3-7-17)27-28-22(29)31-15-21(30)26-23(16-25)12-4-5-13-23/h1-3,6-11H,4-5,12-15H2,(H,26,30). The van der Waals surface area contributed by atoms with Crippen LogP contribution in [-0.2, 0) is 11.2 Å². The summed E-state index contributed by atoms with van der Waals surface area (Å²) in [4.78, 5) is 12.6. The van der Waals surface area contributed by atoms with Crippen LogP contribution >= 0.6 is 23.4 Å². The van der Waals surface area contributed by atoms with E-state index < -0.39 is 5.54 Å². The lowest BCUT2D eigenvalue weighted by molar-refractivity contribution is -0.119. The predicted molar refractivity (Wildman–Crippen MR) is 121 cm³/mol. The molecule has 0 aliphatic heterocycles. The fourth-order valence-corrected chi connectivity index (χ4v) is 4.71. The summed E-state index contributed by atoms with van der Waals surface area (Å²) in [5.41, 5.74) is 1.28. The third-order valence-electron chi connectivity index (χ3n) is 5.37. The van der Waals surface area contributed by atoms with Gasteiger partial charge in [0, 0.05) is 17.1 Å². The average molecular weight is 452 g/mol. The molecule has 1 amide bonds. The summed E-state index contributed by atoms with van der Waals surface area (Å²) in [6.45, 7) is 0. The first-order chi connectivity index (χ1) is 15.1. The molecule has 0 bridgehead atoms. The SMILES string of the molecule is N#CC1(NC(=O)CSc2nnc(Cc3ccccc3)n2-c2ccc(Cl)cc2)CCCC1. The molecule has 1 fully saturated rings. The van der Waals surface area contributed by atoms with Gasteiger partial charge in [0.05, 0.1) is 11.8 Å². The maximum absolute atomic E-state index is 12.6. The van der Waals surface area contributed by atoms with Crippen LogP contribution in [0.1, 0.15) is 37.1 Å². The van der Waals surface area contributed by atoms with Crippen molar-refractivity contribution in [2.75, 3.05) is 5.75 Å². The second-order valence-electron chi connectivity index (χ2n) is 7.61. The number of aromatic nitrogens is 3. The van der Waals surface area contributed by atoms with Gasteiger partial charge in [-0.15, -0.1) is 10.2 Å². The number of carbonyl (C=O) groups excluding carboxylic acids is 1. The van der Waals surface area contributed by atoms with Crippen LogP contribution in [0.5, 0.6) is 0 Å². The van der Waals surface area contributed by atoms with Gasteiger partial charge in [0.1, 0.15) is 11.4 Å². The Hall–Kier alpha value is -2.82. The zero-order valence-corrected chi connectivity index (χ0v) is 18.5. The number of nitrogens with zero attached hydrogens (tertiary/aromatic N) is 4. The minimum absolute atomic E-state index is 0.163. The lowest BCUT2D eigenvalue weighted by Gasteiger charge is -2.21. The van der Waals surface area contributed by atoms with E-state index in [1.54, 1.807) is 0 Å². The Balaban J connectivity index is 1.55. The first kappa shape index (κ1) is 21.4. The highest BCUT2D eigenvalue weighted by atomic mass is 35.5. The molecule has 6 nitrogen and oxygen atoms in total. The summed E-state index contributed by atoms with van der Waals surface area (Å²) in [5.74, 6) is 0.782. The number of hydrogen-bond acceptors (Lipinski definition) is 5. The molecule has 1 saturated carbocycles. The van der Waals surface area contributed by atoms with Gasteiger partial charge in [0.15, 0.2) is 5.16 Å². The molecule has 0 radical (unpaired) electrons. The van der Waals surface area contributed by atoms with Crippen molar-refractivity contribution >= 4 is 29.3 Å². The first-order valence-electron chi connectivity index (χ1n) is 10.2. The highest BCUT2D eigenvalue weighted by Gasteiger charge is 2.35. The summed E-state index contributed by atoms with van der Waals surface area (Å²) < 4.78 is 1.96. The van der Waals surface area contributed by atoms with Gasteiger partial charge >= 0.3 is 0 Å². The third-order valence-corrected chi connectivity index (χ3v) is 6.55. The van der Waals surface area contributed by atoms with Crippen molar-refractivity contribution in [1.82, 2.24) is 20.1 Å². The summed E-state index contributed by atoms with van der Waals surface area (Å²) in [6, 6.07) is 19.8. The Morgan fingerprint density at radius 2 is 1.84 bits per heavy atom. The Bertz CT molecular complexity index is 1090. The average Bonchev–Trinajstić information content (AvgIpc) is 3.41. The predicted octanol–water partition coefficient (Wildman–Crippen LogP) is 4.56. The lowest BCUT2D eigenvalue weighted by atomic mass is 10.0. The van der Waals surface area contributed by atoms with Crippen LogP contribution in [0.15, 0.2) is 59.8 Å². The van der Waals surface area contributed by atoms with E-state index in [1.807, 2.05) is 59.2 Å². The molecule has 1 aliphatic carbocycles. The molecule has 1 aromatic heterocycles. The lowest BCUT2D eigenvalue weighted by Crippen LogP contribution is -2.45. The van der Waals surface area contributed by atoms with E-state index in [1.165, 1.54) is 11.8 Å². The summed E-state index contributed by atoms with van der Waals surface area (Å²) in [6.07, 6.45) is 3.97. The number of thioether (sulfide) groups is 1. The number of hydrogen-bond donors (Lipinski definition) is 1. The van der Waals surface area contributed by atoms with E-state index in [2.05, 4.69) is 21.6 Å². The zero-order chi connectivity index (χ0) is 21.7. The van der Waals surface area contributed by atoms with Crippen LogP contribution in [0.3, 0.4) is 0 Å². The van der Waals surface area contributed by atoms with Crippen LogP contribution in [0, 0.1) is 11.3 Å². The second kappa shape index (κ2) is 9.54. The quantitative estimate of drug-likeness (QED) is 0.532. The van der Waals surface area contributed by atoms with Crippen molar-refractivity contribution in [1.29, 1.82) is 5.26 Å². The molecule has 1 heterocycles. The maximum Gasteiger partial charge on any atom is 0.231 e. The number of carbonyl (C=O) groups is 1. The van der Waals surface area contributed by atoms with Gasteiger partial charge in [-0.05, 0) is 55.5 Å². The van der Waals surface area contributed by atoms with E-state index in [9.17, 15) is 10.1 Å². The largest absolute Gasteiger partial charge is 0.337 e. The zero-order valence-electron chi connectivity index (χ0n) is 16.9. The smallest absolute Gasteiger partial charge is 0.231 e. The summed E-state index contributed by atoms with van der Waals surface area (Å²) in [7, 11) is 0. The second-order valence-corrected chi connectivity index (χ2v) is 8.99. The van der Waals surface area contributed by atoms with Gasteiger partial charge in [-0.3, -0.25) is 9.36 Å². The molecule has 0 atom stereocenters. The molecule has 3 aromatic rings. The number of amides is 1. The Labute approximate surface area is 190 Å². The topological polar surface area (TPSA) is 83.6 Å². The maximum atomic E-state index is 12.6. The van der Waals surface area contributed by atoms with Crippen molar-refractivity contribution in [3.05, 3.63) is 71.0 Å². The van der Waals surface area contributed by atoms with Crippen LogP contribution in [0.2, 0.25) is 5.02 Å². The Kier molecular flexibility index (Phi) is 6.59. The Morgan fingerprint density at radius 1 is 1.13 bits per heavy atom. The molecule has 0 spiro atoms. The molecule has 1 aliphatic rings. The normalized spacial score (nSPS) is 14.8. The minimum Gasteiger partial charge on any atom is -0.337 e. The van der Waals surface area contributed by atoms with E-state index in [4.69, 9.17) is 11.6 Å². The fraction of sp³-hybridized carbons (Fsp3) is 0.304. The van der Waals surface area contributed by atoms with Gasteiger partial charge in [0.2, 0.25) is 5.91 Å². The van der Waals surface area contributed by atoms with Crippen LogP contribution < -0.4 is 5.32 Å². The van der Waals surface area contributed by atoms with Gasteiger partial charge in [-0.2, -0.15) is 5.26 Å². The van der Waals surface area contributed by atoms with Crippen molar-refractivity contribution in [3.8, 4) is 11.8 Å². The van der Waals surface area contributed by atoms with Gasteiger partial charge < -0.3 is 5.32 Å². The van der Waals surface area contributed by atoms with E-state index >= 15 is 0 Å². The van der Waals surface area contributed by atoms with Gasteiger partial charge in [-0.1, -0.05) is 53.7 Å². The van der Waals surface area contributed by atoms with E-state index in [0.29, 0.717) is 29.4 Å². The molecule has 8 heteroatoms. The Morgan fingerprint density at radius 3 is 2.52 bits per heavy atom. The highest BCUT2D eigenvalue weighted by Crippen LogP contribution is 2.29. The first-order valence-corrected chi connectivity index (χ1v) is 11.5. The molecule has 2 aromatic carbocycles. The molecular formula is C23H22ClN5OS. The van der Waals surface area contributed by atoms with Crippen molar-refractivity contribution < 1.29 is 4.79 Å². The third kappa shape index (κ3) is 5.09. The monoisotopic (exact) mass is 451 g/mol. The number of halogens is 1. The van der Waals surface area contributed by atoms with E-state index in [-0.39, 0.29) is 11.7 Å². The number of benzene rings is 2. The van der Waals surface area contributed by atoms with Gasteiger partial charge in [-0.25, -0.2) is 0 Å². The summed E-state index contributed by atoms with van der Waals surface area (Å²) >= 11 is 7.38. The number of rotatable bonds is 7. The molecular weight excluding hydrogens is 430 g/mol. The van der Waals surface area contributed by atoms with E-state index in [0.717, 1.165) is 29.9 Å². The highest BCUT2D eigenvalue weighted by molar-refractivity contribution is 7.99. The van der Waals surface area contributed by atoms with Crippen molar-refractivity contribution in [2.24, 2.45) is 0 Å². The van der Waals surface area contributed by atoms with Crippen LogP contribution in [0.4, 0.5) is 0 Å². The number of nitriles is 1. The van der Waals surface area contributed by atoms with Crippen LogP contribution in [-0.4, -0.2) is 32.0 Å². The van der Waals surface area contributed by atoms with Crippen molar-refractivity contribution in [2.45, 2.75) is 42.8 Å². The molecule has 31 heavy (non-hydrogen) atoms.